The maximum atomic E-state index is 12.8. The van der Waals surface area contributed by atoms with Crippen LogP contribution in [0.1, 0.15) is 19.5 Å². The Kier molecular flexibility index (Phi) is 5.27. The first-order valence-corrected chi connectivity index (χ1v) is 8.12. The summed E-state index contributed by atoms with van der Waals surface area (Å²) in [7, 11) is 0. The quantitative estimate of drug-likeness (QED) is 0.564. The van der Waals surface area contributed by atoms with E-state index in [-0.39, 0.29) is 18.0 Å². The Hall–Kier alpha value is -3.09. The van der Waals surface area contributed by atoms with Gasteiger partial charge in [0.25, 0.3) is 0 Å². The molecule has 0 saturated carbocycles. The lowest BCUT2D eigenvalue weighted by atomic mass is 10.2. The van der Waals surface area contributed by atoms with E-state index in [2.05, 4.69) is 19.9 Å². The number of nitro groups is 1. The van der Waals surface area contributed by atoms with Crippen molar-refractivity contribution in [1.82, 2.24) is 19.9 Å². The number of hydrogen-bond donors (Lipinski definition) is 0. The highest BCUT2D eigenvalue weighted by Crippen LogP contribution is 2.37. The van der Waals surface area contributed by atoms with Gasteiger partial charge in [-0.1, -0.05) is 0 Å². The van der Waals surface area contributed by atoms with E-state index in [4.69, 9.17) is 9.47 Å². The smallest absolute Gasteiger partial charge is 0.414 e. The van der Waals surface area contributed by atoms with Crippen molar-refractivity contribution in [3.05, 3.63) is 34.5 Å². The summed E-state index contributed by atoms with van der Waals surface area (Å²) in [4.78, 5) is 26.9. The molecule has 28 heavy (non-hydrogen) atoms. The van der Waals surface area contributed by atoms with Crippen molar-refractivity contribution in [3.63, 3.8) is 0 Å². The van der Waals surface area contributed by atoms with Crippen molar-refractivity contribution in [2.45, 2.75) is 32.2 Å². The van der Waals surface area contributed by atoms with E-state index in [1.807, 2.05) is 13.8 Å². The molecule has 0 spiro atoms. The van der Waals surface area contributed by atoms with Crippen molar-refractivity contribution >= 4 is 11.5 Å². The molecule has 0 radical (unpaired) electrons. The Labute approximate surface area is 156 Å². The molecule has 2 aromatic heterocycles. The van der Waals surface area contributed by atoms with Crippen molar-refractivity contribution < 1.29 is 27.6 Å². The number of rotatable bonds is 4. The largest absolute Gasteiger partial charge is 0.433 e. The normalized spacial score (nSPS) is 20.1. The number of hydrogen-bond acceptors (Lipinski definition) is 9. The summed E-state index contributed by atoms with van der Waals surface area (Å²) >= 11 is 0. The van der Waals surface area contributed by atoms with E-state index in [0.29, 0.717) is 25.5 Å². The summed E-state index contributed by atoms with van der Waals surface area (Å²) in [5.41, 5.74) is -1.82. The summed E-state index contributed by atoms with van der Waals surface area (Å²) in [6.45, 7) is 4.31. The van der Waals surface area contributed by atoms with Crippen LogP contribution in [0.4, 0.5) is 24.7 Å². The van der Waals surface area contributed by atoms with Crippen LogP contribution in [0, 0.1) is 10.1 Å². The molecule has 0 bridgehead atoms. The predicted octanol–water partition coefficient (Wildman–Crippen LogP) is 2.60. The lowest BCUT2D eigenvalue weighted by Crippen LogP contribution is -2.46. The zero-order valence-electron chi connectivity index (χ0n) is 14.8. The second-order valence-corrected chi connectivity index (χ2v) is 6.11. The summed E-state index contributed by atoms with van der Waals surface area (Å²) in [5.74, 6) is -1.06. The van der Waals surface area contributed by atoms with Gasteiger partial charge in [0.05, 0.1) is 17.1 Å². The molecule has 3 heterocycles. The zero-order chi connectivity index (χ0) is 20.5. The number of alkyl halides is 3. The molecule has 0 aliphatic carbocycles. The first-order valence-electron chi connectivity index (χ1n) is 8.12. The number of ether oxygens (including phenoxy) is 2. The summed E-state index contributed by atoms with van der Waals surface area (Å²) in [5, 5.41) is 11.6. The Morgan fingerprint density at radius 1 is 1.18 bits per heavy atom. The minimum absolute atomic E-state index is 0.0119. The summed E-state index contributed by atoms with van der Waals surface area (Å²) in [6, 6.07) is 0.532. The third-order valence-electron chi connectivity index (χ3n) is 3.80. The van der Waals surface area contributed by atoms with Crippen molar-refractivity contribution in [2.75, 3.05) is 18.0 Å². The molecule has 2 aromatic rings. The fourth-order valence-electron chi connectivity index (χ4n) is 2.82. The highest BCUT2D eigenvalue weighted by molar-refractivity contribution is 5.63. The van der Waals surface area contributed by atoms with Crippen molar-refractivity contribution in [1.29, 1.82) is 0 Å². The molecular weight excluding hydrogens is 385 g/mol. The van der Waals surface area contributed by atoms with Gasteiger partial charge < -0.3 is 14.4 Å². The zero-order valence-corrected chi connectivity index (χ0v) is 14.8. The maximum Gasteiger partial charge on any atom is 0.433 e. The fraction of sp³-hybridized carbons (Fsp3) is 0.467. The van der Waals surface area contributed by atoms with Crippen LogP contribution in [-0.4, -0.2) is 50.2 Å². The van der Waals surface area contributed by atoms with Crippen molar-refractivity contribution in [3.8, 4) is 11.8 Å². The standard InChI is InChI=1S/C15H15F3N6O4/c1-8-4-23(5-9(2)27-8)13-12(24(25)26)14(22-7-21-13)28-11-3-10(15(16,17)18)19-6-20-11/h3,6-9H,4-5H2,1-2H3. The van der Waals surface area contributed by atoms with Crippen LogP contribution in [0.2, 0.25) is 0 Å². The average Bonchev–Trinajstić information content (AvgIpc) is 2.60. The fourth-order valence-corrected chi connectivity index (χ4v) is 2.82. The van der Waals surface area contributed by atoms with Gasteiger partial charge in [0.2, 0.25) is 11.7 Å². The van der Waals surface area contributed by atoms with E-state index >= 15 is 0 Å². The molecule has 2 unspecified atom stereocenters. The molecule has 2 atom stereocenters. The Bertz CT molecular complexity index is 871. The topological polar surface area (TPSA) is 116 Å². The van der Waals surface area contributed by atoms with Gasteiger partial charge in [0, 0.05) is 19.2 Å². The van der Waals surface area contributed by atoms with Crippen LogP contribution in [0.15, 0.2) is 18.7 Å². The van der Waals surface area contributed by atoms with Crippen molar-refractivity contribution in [2.24, 2.45) is 0 Å². The van der Waals surface area contributed by atoms with Gasteiger partial charge in [0.1, 0.15) is 12.7 Å². The van der Waals surface area contributed by atoms with Gasteiger partial charge >= 0.3 is 17.7 Å². The lowest BCUT2D eigenvalue weighted by Gasteiger charge is -2.35. The Balaban J connectivity index is 1.97. The molecule has 0 N–H and O–H groups in total. The summed E-state index contributed by atoms with van der Waals surface area (Å²) in [6.07, 6.45) is -3.42. The summed E-state index contributed by atoms with van der Waals surface area (Å²) < 4.78 is 49.2. The van der Waals surface area contributed by atoms with Gasteiger partial charge in [-0.15, -0.1) is 0 Å². The van der Waals surface area contributed by atoms with E-state index in [0.717, 1.165) is 6.33 Å². The highest BCUT2D eigenvalue weighted by Gasteiger charge is 2.35. The second-order valence-electron chi connectivity index (χ2n) is 6.11. The average molecular weight is 400 g/mol. The highest BCUT2D eigenvalue weighted by atomic mass is 19.4. The van der Waals surface area contributed by atoms with Gasteiger partial charge in [-0.05, 0) is 13.8 Å². The van der Waals surface area contributed by atoms with Crippen LogP contribution in [-0.2, 0) is 10.9 Å². The first kappa shape index (κ1) is 19.7. The number of morpholine rings is 1. The number of aromatic nitrogens is 4. The molecule has 1 aliphatic heterocycles. The van der Waals surface area contributed by atoms with E-state index in [1.165, 1.54) is 0 Å². The van der Waals surface area contributed by atoms with Crippen LogP contribution < -0.4 is 9.64 Å². The van der Waals surface area contributed by atoms with Gasteiger partial charge in [-0.25, -0.2) is 15.0 Å². The minimum atomic E-state index is -4.72. The van der Waals surface area contributed by atoms with E-state index in [9.17, 15) is 23.3 Å². The number of nitrogens with zero attached hydrogens (tertiary/aromatic N) is 6. The molecule has 0 aromatic carbocycles. The monoisotopic (exact) mass is 400 g/mol. The first-order chi connectivity index (χ1) is 13.1. The molecule has 1 saturated heterocycles. The molecular formula is C15H15F3N6O4. The SMILES string of the molecule is CC1CN(c2ncnc(Oc3cc(C(F)(F)F)ncn3)c2[N+](=O)[O-])CC(C)O1. The maximum absolute atomic E-state index is 12.8. The van der Waals surface area contributed by atoms with Gasteiger partial charge in [-0.2, -0.15) is 18.2 Å². The molecule has 150 valence electrons. The van der Waals surface area contributed by atoms with Crippen LogP contribution in [0.25, 0.3) is 0 Å². The van der Waals surface area contributed by atoms with Gasteiger partial charge in [0.15, 0.2) is 5.69 Å². The molecule has 10 nitrogen and oxygen atoms in total. The van der Waals surface area contributed by atoms with Crippen LogP contribution in [0.3, 0.4) is 0 Å². The van der Waals surface area contributed by atoms with Crippen LogP contribution >= 0.6 is 0 Å². The number of anilines is 1. The van der Waals surface area contributed by atoms with Crippen LogP contribution in [0.5, 0.6) is 11.8 Å². The predicted molar refractivity (Wildman–Crippen MR) is 88.0 cm³/mol. The minimum Gasteiger partial charge on any atom is -0.414 e. The third-order valence-corrected chi connectivity index (χ3v) is 3.80. The molecule has 1 aliphatic rings. The third kappa shape index (κ3) is 4.24. The Morgan fingerprint density at radius 3 is 2.43 bits per heavy atom. The Morgan fingerprint density at radius 2 is 1.82 bits per heavy atom. The molecule has 1 fully saturated rings. The molecule has 13 heteroatoms. The number of halogens is 3. The second kappa shape index (κ2) is 7.50. The molecule has 0 amide bonds. The van der Waals surface area contributed by atoms with Gasteiger partial charge in [-0.3, -0.25) is 10.1 Å². The van der Waals surface area contributed by atoms with E-state index < -0.39 is 34.2 Å². The van der Waals surface area contributed by atoms with E-state index in [1.54, 1.807) is 4.90 Å². The lowest BCUT2D eigenvalue weighted by molar-refractivity contribution is -0.385. The molecule has 3 rings (SSSR count).